The zero-order valence-electron chi connectivity index (χ0n) is 25.4. The molecule has 0 radical (unpaired) electrons. The van der Waals surface area contributed by atoms with Gasteiger partial charge in [0.25, 0.3) is 10.0 Å². The lowest BCUT2D eigenvalue weighted by atomic mass is 9.94. The summed E-state index contributed by atoms with van der Waals surface area (Å²) < 4.78 is 44.2. The molecule has 4 aromatic carbocycles. The van der Waals surface area contributed by atoms with Crippen molar-refractivity contribution in [1.82, 2.24) is 10.2 Å². The van der Waals surface area contributed by atoms with Gasteiger partial charge in [-0.05, 0) is 48.7 Å². The van der Waals surface area contributed by atoms with Gasteiger partial charge < -0.3 is 10.2 Å². The molecular weight excluding hydrogens is 625 g/mol. The first-order valence-corrected chi connectivity index (χ1v) is 17.3. The molecule has 1 N–H and O–H groups in total. The predicted octanol–water partition coefficient (Wildman–Crippen LogP) is 6.76. The topological polar surface area (TPSA) is 86.8 Å². The van der Waals surface area contributed by atoms with Crippen molar-refractivity contribution in [2.24, 2.45) is 0 Å². The van der Waals surface area contributed by atoms with Crippen LogP contribution >= 0.6 is 11.6 Å². The molecule has 0 aliphatic heterocycles. The monoisotopic (exact) mass is 661 g/mol. The number of para-hydroxylation sites is 1. The Labute approximate surface area is 275 Å². The van der Waals surface area contributed by atoms with E-state index in [1.54, 1.807) is 54.6 Å². The normalized spacial score (nSPS) is 14.3. The molecule has 1 atom stereocenters. The molecule has 0 bridgehead atoms. The van der Waals surface area contributed by atoms with E-state index in [1.165, 1.54) is 29.2 Å². The number of nitrogens with one attached hydrogen (secondary N) is 1. The van der Waals surface area contributed by atoms with Crippen LogP contribution in [0.5, 0.6) is 0 Å². The number of halogens is 2. The fourth-order valence-corrected chi connectivity index (χ4v) is 7.54. The smallest absolute Gasteiger partial charge is 0.264 e. The number of hydrogen-bond donors (Lipinski definition) is 1. The average molecular weight is 662 g/mol. The molecule has 0 aromatic heterocycles. The molecule has 1 aliphatic carbocycles. The number of rotatable bonds is 12. The maximum atomic E-state index is 15.1. The van der Waals surface area contributed by atoms with Crippen LogP contribution in [0.15, 0.2) is 114 Å². The van der Waals surface area contributed by atoms with Crippen molar-refractivity contribution in [3.63, 3.8) is 0 Å². The van der Waals surface area contributed by atoms with E-state index in [0.717, 1.165) is 42.0 Å². The van der Waals surface area contributed by atoms with Crippen LogP contribution in [-0.4, -0.2) is 43.8 Å². The number of carbonyl (C=O) groups is 2. The first kappa shape index (κ1) is 33.2. The van der Waals surface area contributed by atoms with Gasteiger partial charge in [-0.2, -0.15) is 0 Å². The van der Waals surface area contributed by atoms with Gasteiger partial charge in [0.05, 0.1) is 15.6 Å². The summed E-state index contributed by atoms with van der Waals surface area (Å²) in [5.74, 6) is -1.58. The van der Waals surface area contributed by atoms with E-state index in [2.05, 4.69) is 5.32 Å². The van der Waals surface area contributed by atoms with Crippen LogP contribution in [0.4, 0.5) is 10.1 Å². The van der Waals surface area contributed by atoms with Gasteiger partial charge in [-0.15, -0.1) is 0 Å². The third kappa shape index (κ3) is 8.13. The van der Waals surface area contributed by atoms with Gasteiger partial charge >= 0.3 is 0 Å². The van der Waals surface area contributed by atoms with Crippen molar-refractivity contribution in [3.05, 3.63) is 131 Å². The Hall–Kier alpha value is -4.21. The van der Waals surface area contributed by atoms with Crippen LogP contribution in [0.1, 0.15) is 43.2 Å². The Morgan fingerprint density at radius 1 is 0.826 bits per heavy atom. The molecule has 0 spiro atoms. The number of amides is 2. The van der Waals surface area contributed by atoms with E-state index in [4.69, 9.17) is 11.6 Å². The van der Waals surface area contributed by atoms with E-state index >= 15 is 4.39 Å². The minimum Gasteiger partial charge on any atom is -0.352 e. The highest BCUT2D eigenvalue weighted by Gasteiger charge is 2.36. The minimum atomic E-state index is -4.29. The minimum absolute atomic E-state index is 0.0285. The van der Waals surface area contributed by atoms with Gasteiger partial charge in [-0.1, -0.05) is 110 Å². The van der Waals surface area contributed by atoms with E-state index in [9.17, 15) is 18.0 Å². The Morgan fingerprint density at radius 3 is 2.11 bits per heavy atom. The summed E-state index contributed by atoms with van der Waals surface area (Å²) >= 11 is 6.51. The van der Waals surface area contributed by atoms with Crippen LogP contribution in [0.3, 0.4) is 0 Å². The quantitative estimate of drug-likeness (QED) is 0.182. The third-order valence-electron chi connectivity index (χ3n) is 8.25. The molecule has 46 heavy (non-hydrogen) atoms. The summed E-state index contributed by atoms with van der Waals surface area (Å²) in [6, 6.07) is 28.4. The molecule has 2 amide bonds. The second-order valence-electron chi connectivity index (χ2n) is 11.4. The lowest BCUT2D eigenvalue weighted by Crippen LogP contribution is -2.55. The van der Waals surface area contributed by atoms with Crippen molar-refractivity contribution < 1.29 is 22.4 Å². The van der Waals surface area contributed by atoms with Gasteiger partial charge in [0.1, 0.15) is 18.4 Å². The summed E-state index contributed by atoms with van der Waals surface area (Å²) in [4.78, 5) is 29.9. The molecule has 1 fully saturated rings. The molecule has 0 heterocycles. The molecule has 1 saturated carbocycles. The first-order valence-electron chi connectivity index (χ1n) is 15.4. The van der Waals surface area contributed by atoms with E-state index in [1.807, 2.05) is 30.3 Å². The highest BCUT2D eigenvalue weighted by atomic mass is 35.5. The van der Waals surface area contributed by atoms with E-state index in [0.29, 0.717) is 0 Å². The van der Waals surface area contributed by atoms with E-state index in [-0.39, 0.29) is 46.1 Å². The van der Waals surface area contributed by atoms with Crippen LogP contribution in [0.2, 0.25) is 5.02 Å². The number of nitrogens with zero attached hydrogens (tertiary/aromatic N) is 2. The highest BCUT2D eigenvalue weighted by molar-refractivity contribution is 7.92. The van der Waals surface area contributed by atoms with Crippen LogP contribution in [0.25, 0.3) is 0 Å². The maximum absolute atomic E-state index is 15.1. The zero-order valence-corrected chi connectivity index (χ0v) is 27.0. The molecule has 0 saturated heterocycles. The van der Waals surface area contributed by atoms with Crippen molar-refractivity contribution in [2.75, 3.05) is 10.8 Å². The van der Waals surface area contributed by atoms with Crippen LogP contribution in [0, 0.1) is 5.82 Å². The first-order chi connectivity index (χ1) is 22.2. The van der Waals surface area contributed by atoms with Crippen molar-refractivity contribution >= 4 is 39.1 Å². The number of carbonyl (C=O) groups excluding carboxylic acids is 2. The molecular formula is C36H37ClFN3O4S. The second kappa shape index (κ2) is 15.4. The SMILES string of the molecule is O=C(NC1CCCCC1)[C@H](Cc1ccccc1)N(Cc1ccccc1F)C(=O)CN(c1ccccc1Cl)S(=O)(=O)c1ccccc1. The van der Waals surface area contributed by atoms with E-state index < -0.39 is 34.3 Å². The summed E-state index contributed by atoms with van der Waals surface area (Å²) in [7, 11) is -4.29. The third-order valence-corrected chi connectivity index (χ3v) is 10.3. The average Bonchev–Trinajstić information content (AvgIpc) is 3.07. The van der Waals surface area contributed by atoms with Gasteiger partial charge in [0.2, 0.25) is 11.8 Å². The van der Waals surface area contributed by atoms with Crippen LogP contribution in [-0.2, 0) is 32.6 Å². The highest BCUT2D eigenvalue weighted by Crippen LogP contribution is 2.31. The second-order valence-corrected chi connectivity index (χ2v) is 13.7. The Kier molecular flexibility index (Phi) is 11.1. The van der Waals surface area contributed by atoms with Crippen molar-refractivity contribution in [3.8, 4) is 0 Å². The Bertz CT molecular complexity index is 1730. The fourth-order valence-electron chi connectivity index (χ4n) is 5.80. The molecule has 7 nitrogen and oxygen atoms in total. The standard InChI is InChI=1S/C36H37ClFN3O4S/c37-31-21-11-13-23-33(31)41(46(44,45)30-19-8-3-9-20-30)26-35(42)40(25-28-16-10-12-22-32(28)38)34(24-27-14-4-1-5-15-27)36(43)39-29-17-6-2-7-18-29/h1,3-5,8-16,19-23,29,34H,2,6-7,17-18,24-26H2,(H,39,43)/t34-/m0/s1. The van der Waals surface area contributed by atoms with Gasteiger partial charge in [-0.3, -0.25) is 13.9 Å². The van der Waals surface area contributed by atoms with Gasteiger partial charge in [0.15, 0.2) is 0 Å². The number of anilines is 1. The van der Waals surface area contributed by atoms with Crippen molar-refractivity contribution in [2.45, 2.75) is 62.0 Å². The molecule has 5 rings (SSSR count). The number of benzene rings is 4. The maximum Gasteiger partial charge on any atom is 0.264 e. The predicted molar refractivity (Wildman–Crippen MR) is 178 cm³/mol. The largest absolute Gasteiger partial charge is 0.352 e. The number of sulfonamides is 1. The summed E-state index contributed by atoms with van der Waals surface area (Å²) in [6.07, 6.45) is 4.91. The zero-order chi connectivity index (χ0) is 32.5. The van der Waals surface area contributed by atoms with Gasteiger partial charge in [0, 0.05) is 24.6 Å². The summed E-state index contributed by atoms with van der Waals surface area (Å²) in [5, 5.41) is 3.28. The molecule has 0 unspecified atom stereocenters. The molecule has 10 heteroatoms. The Balaban J connectivity index is 1.57. The summed E-state index contributed by atoms with van der Waals surface area (Å²) in [6.45, 7) is -0.916. The summed E-state index contributed by atoms with van der Waals surface area (Å²) in [5.41, 5.74) is 1.12. The van der Waals surface area contributed by atoms with Gasteiger partial charge in [-0.25, -0.2) is 12.8 Å². The lowest BCUT2D eigenvalue weighted by molar-refractivity contribution is -0.140. The molecule has 4 aromatic rings. The Morgan fingerprint density at radius 2 is 1.43 bits per heavy atom. The number of hydrogen-bond acceptors (Lipinski definition) is 4. The van der Waals surface area contributed by atoms with Crippen molar-refractivity contribution in [1.29, 1.82) is 0 Å². The fraction of sp³-hybridized carbons (Fsp3) is 0.278. The van der Waals surface area contributed by atoms with Crippen LogP contribution < -0.4 is 9.62 Å². The molecule has 1 aliphatic rings. The lowest BCUT2D eigenvalue weighted by Gasteiger charge is -2.35. The molecule has 240 valence electrons.